The summed E-state index contributed by atoms with van der Waals surface area (Å²) in [6, 6.07) is 83.3. The second-order valence-electron chi connectivity index (χ2n) is 21.5. The Morgan fingerprint density at radius 2 is 0.778 bits per heavy atom. The molecule has 348 valence electrons. The van der Waals surface area contributed by atoms with E-state index < -0.39 is 0 Å². The SMILES string of the molecule is CC(C)(C)c1ccc(N(c2ccc(-c3ccccc3)cc2)c2ccc3cc4c5sc6ccc(N(c7ccc(-c8ccccc8)cc7)c7ccc(C(C)(C)C)cc7)cc6c5n5c6ccccc6c(c3c2)c45)cc1. The molecule has 0 saturated heterocycles. The van der Waals surface area contributed by atoms with E-state index in [4.69, 9.17) is 0 Å². The molecule has 13 aromatic rings. The lowest BCUT2D eigenvalue weighted by atomic mass is 9.87. The van der Waals surface area contributed by atoms with Gasteiger partial charge < -0.3 is 14.2 Å². The van der Waals surface area contributed by atoms with E-state index in [-0.39, 0.29) is 10.8 Å². The monoisotopic (exact) mass is 945 g/mol. The summed E-state index contributed by atoms with van der Waals surface area (Å²) in [7, 11) is 0. The third kappa shape index (κ3) is 7.31. The van der Waals surface area contributed by atoms with E-state index in [0.717, 1.165) is 34.1 Å². The van der Waals surface area contributed by atoms with Gasteiger partial charge in [0.1, 0.15) is 0 Å². The van der Waals surface area contributed by atoms with Crippen molar-refractivity contribution in [2.45, 2.75) is 52.4 Å². The number of benzene rings is 10. The van der Waals surface area contributed by atoms with Crippen molar-refractivity contribution in [1.29, 1.82) is 0 Å². The van der Waals surface area contributed by atoms with Crippen molar-refractivity contribution in [3.05, 3.63) is 236 Å². The molecule has 72 heavy (non-hydrogen) atoms. The summed E-state index contributed by atoms with van der Waals surface area (Å²) in [6.07, 6.45) is 0. The number of aromatic nitrogens is 1. The molecule has 0 spiro atoms. The van der Waals surface area contributed by atoms with Gasteiger partial charge in [-0.05, 0) is 146 Å². The van der Waals surface area contributed by atoms with E-state index in [9.17, 15) is 0 Å². The highest BCUT2D eigenvalue weighted by Gasteiger charge is 2.26. The maximum Gasteiger partial charge on any atom is 0.0729 e. The van der Waals surface area contributed by atoms with Crippen molar-refractivity contribution in [3.8, 4) is 22.3 Å². The van der Waals surface area contributed by atoms with E-state index in [0.29, 0.717) is 0 Å². The number of fused-ring (bicyclic) bond motifs is 10. The number of rotatable bonds is 8. The highest BCUT2D eigenvalue weighted by atomic mass is 32.1. The molecule has 0 amide bonds. The topological polar surface area (TPSA) is 10.9 Å². The van der Waals surface area contributed by atoms with Crippen LogP contribution in [0.3, 0.4) is 0 Å². The fraction of sp³-hybridized carbons (Fsp3) is 0.118. The molecule has 0 radical (unpaired) electrons. The lowest BCUT2D eigenvalue weighted by Gasteiger charge is -2.27. The molecule has 0 aliphatic heterocycles. The minimum absolute atomic E-state index is 0.0506. The molecule has 0 atom stereocenters. The van der Waals surface area contributed by atoms with Crippen molar-refractivity contribution in [1.82, 2.24) is 4.40 Å². The highest BCUT2D eigenvalue weighted by molar-refractivity contribution is 7.26. The molecular formula is C68H55N3S. The minimum atomic E-state index is 0.0506. The average molecular weight is 946 g/mol. The van der Waals surface area contributed by atoms with Crippen molar-refractivity contribution in [2.75, 3.05) is 9.80 Å². The van der Waals surface area contributed by atoms with Crippen LogP contribution in [0.2, 0.25) is 0 Å². The van der Waals surface area contributed by atoms with Gasteiger partial charge >= 0.3 is 0 Å². The molecule has 3 heterocycles. The van der Waals surface area contributed by atoms with Gasteiger partial charge in [0.25, 0.3) is 0 Å². The van der Waals surface area contributed by atoms with Crippen LogP contribution in [0.4, 0.5) is 34.1 Å². The smallest absolute Gasteiger partial charge is 0.0729 e. The zero-order valence-electron chi connectivity index (χ0n) is 41.6. The summed E-state index contributed by atoms with van der Waals surface area (Å²) in [5, 5.41) is 7.62. The van der Waals surface area contributed by atoms with Crippen LogP contribution in [-0.2, 0) is 10.8 Å². The third-order valence-electron chi connectivity index (χ3n) is 14.8. The molecule has 0 saturated carbocycles. The summed E-state index contributed by atoms with van der Waals surface area (Å²) in [6.45, 7) is 13.7. The molecule has 3 nitrogen and oxygen atoms in total. The molecule has 13 rings (SSSR count). The van der Waals surface area contributed by atoms with Crippen LogP contribution in [0.1, 0.15) is 52.7 Å². The Balaban J connectivity index is 0.995. The van der Waals surface area contributed by atoms with Gasteiger partial charge in [0.15, 0.2) is 0 Å². The first kappa shape index (κ1) is 43.8. The highest BCUT2D eigenvalue weighted by Crippen LogP contribution is 2.50. The second-order valence-corrected chi connectivity index (χ2v) is 22.5. The van der Waals surface area contributed by atoms with Gasteiger partial charge in [-0.15, -0.1) is 11.3 Å². The molecule has 0 fully saturated rings. The molecule has 10 aromatic carbocycles. The molecule has 3 aromatic heterocycles. The summed E-state index contributed by atoms with van der Waals surface area (Å²) >= 11 is 1.91. The number of anilines is 6. The van der Waals surface area contributed by atoms with Gasteiger partial charge in [0.05, 0.1) is 21.3 Å². The van der Waals surface area contributed by atoms with Crippen molar-refractivity contribution in [3.63, 3.8) is 0 Å². The van der Waals surface area contributed by atoms with Crippen LogP contribution in [0.15, 0.2) is 224 Å². The van der Waals surface area contributed by atoms with Crippen LogP contribution in [-0.4, -0.2) is 4.40 Å². The third-order valence-corrected chi connectivity index (χ3v) is 16.0. The summed E-state index contributed by atoms with van der Waals surface area (Å²) in [5.41, 5.74) is 18.1. The summed E-state index contributed by atoms with van der Waals surface area (Å²) < 4.78 is 5.18. The van der Waals surface area contributed by atoms with Crippen LogP contribution < -0.4 is 9.80 Å². The lowest BCUT2D eigenvalue weighted by molar-refractivity contribution is 0.590. The Hall–Kier alpha value is -8.18. The van der Waals surface area contributed by atoms with Gasteiger partial charge in [-0.2, -0.15) is 0 Å². The average Bonchev–Trinajstić information content (AvgIpc) is 4.05. The predicted molar refractivity (Wildman–Crippen MR) is 312 cm³/mol. The first-order valence-electron chi connectivity index (χ1n) is 25.2. The van der Waals surface area contributed by atoms with Gasteiger partial charge in [0.2, 0.25) is 0 Å². The minimum Gasteiger partial charge on any atom is -0.310 e. The Labute approximate surface area is 425 Å². The first-order chi connectivity index (χ1) is 35.0. The zero-order chi connectivity index (χ0) is 48.9. The van der Waals surface area contributed by atoms with Crippen LogP contribution in [0, 0.1) is 0 Å². The lowest BCUT2D eigenvalue weighted by Crippen LogP contribution is -2.13. The maximum atomic E-state index is 2.58. The molecule has 0 bridgehead atoms. The molecule has 0 N–H and O–H groups in total. The van der Waals surface area contributed by atoms with Crippen molar-refractivity contribution >= 4 is 104 Å². The van der Waals surface area contributed by atoms with Gasteiger partial charge in [0, 0.05) is 60.4 Å². The van der Waals surface area contributed by atoms with Crippen LogP contribution in [0.25, 0.3) is 80.5 Å². The zero-order valence-corrected chi connectivity index (χ0v) is 42.4. The number of thiophene rings is 1. The van der Waals surface area contributed by atoms with E-state index in [1.165, 1.54) is 91.6 Å². The summed E-state index contributed by atoms with van der Waals surface area (Å²) in [5.74, 6) is 0. The van der Waals surface area contributed by atoms with Crippen molar-refractivity contribution in [2.24, 2.45) is 0 Å². The normalized spacial score (nSPS) is 12.3. The van der Waals surface area contributed by atoms with E-state index in [1.54, 1.807) is 0 Å². The molecule has 0 aliphatic carbocycles. The molecule has 0 aliphatic rings. The van der Waals surface area contributed by atoms with Crippen molar-refractivity contribution < 1.29 is 0 Å². The first-order valence-corrected chi connectivity index (χ1v) is 26.0. The molecule has 4 heteroatoms. The number of hydrogen-bond acceptors (Lipinski definition) is 3. The quantitative estimate of drug-likeness (QED) is 0.150. The summed E-state index contributed by atoms with van der Waals surface area (Å²) in [4.78, 5) is 4.84. The maximum absolute atomic E-state index is 2.58. The standard InChI is InChI=1S/C68H55N3S/c1-67(2,3)49-26-35-53(36-27-49)69(51-30-21-46(22-31-51)44-15-9-7-10-16-44)55-34-25-48-41-60-64-63(58(48)42-55)57-19-13-14-20-61(57)71(64)65-59-43-56(39-40-62(59)72-66(60)65)70(54-37-28-50(29-38-54)68(4,5)6)52-32-23-47(24-33-52)45-17-11-8-12-18-45/h7-43H,1-6H3. The van der Waals surface area contributed by atoms with Crippen LogP contribution >= 0.6 is 11.3 Å². The fourth-order valence-corrected chi connectivity index (χ4v) is 12.2. The Morgan fingerprint density at radius 1 is 0.347 bits per heavy atom. The van der Waals surface area contributed by atoms with Crippen LogP contribution in [0.5, 0.6) is 0 Å². The number of para-hydroxylation sites is 1. The molecule has 0 unspecified atom stereocenters. The Morgan fingerprint density at radius 3 is 1.29 bits per heavy atom. The van der Waals surface area contributed by atoms with Gasteiger partial charge in [-0.1, -0.05) is 175 Å². The number of nitrogens with zero attached hydrogens (tertiary/aromatic N) is 3. The van der Waals surface area contributed by atoms with Gasteiger partial charge in [-0.25, -0.2) is 0 Å². The van der Waals surface area contributed by atoms with Gasteiger partial charge in [-0.3, -0.25) is 0 Å². The Bertz CT molecular complexity index is 4120. The second kappa shape index (κ2) is 16.7. The Kier molecular flexibility index (Phi) is 10.2. The molecular weight excluding hydrogens is 891 g/mol. The van der Waals surface area contributed by atoms with E-state index in [2.05, 4.69) is 280 Å². The fourth-order valence-electron chi connectivity index (χ4n) is 11.0. The largest absolute Gasteiger partial charge is 0.310 e. The number of hydrogen-bond donors (Lipinski definition) is 0. The predicted octanol–water partition coefficient (Wildman–Crippen LogP) is 20.1. The van der Waals surface area contributed by atoms with E-state index >= 15 is 0 Å². The van der Waals surface area contributed by atoms with E-state index in [1.807, 2.05) is 11.3 Å².